The van der Waals surface area contributed by atoms with Gasteiger partial charge in [0.2, 0.25) is 0 Å². The van der Waals surface area contributed by atoms with E-state index in [0.717, 1.165) is 17.5 Å². The van der Waals surface area contributed by atoms with Crippen LogP contribution in [0.5, 0.6) is 0 Å². The normalized spacial score (nSPS) is 18.3. The number of hydrogen-bond acceptors (Lipinski definition) is 4. The van der Waals surface area contributed by atoms with E-state index in [-0.39, 0.29) is 23.7 Å². The van der Waals surface area contributed by atoms with Crippen LogP contribution in [0.15, 0.2) is 65.1 Å². The molecule has 3 aromatic rings. The van der Waals surface area contributed by atoms with Gasteiger partial charge in [-0.05, 0) is 43.5 Å². The van der Waals surface area contributed by atoms with Gasteiger partial charge < -0.3 is 14.1 Å². The molecule has 1 aliphatic rings. The molecule has 1 aromatic heterocycles. The first-order chi connectivity index (χ1) is 13.2. The summed E-state index contributed by atoms with van der Waals surface area (Å²) in [7, 11) is 0. The molecule has 0 spiro atoms. The van der Waals surface area contributed by atoms with E-state index in [2.05, 4.69) is 0 Å². The molecule has 27 heavy (non-hydrogen) atoms. The van der Waals surface area contributed by atoms with Crippen LogP contribution < -0.4 is 4.90 Å². The van der Waals surface area contributed by atoms with Gasteiger partial charge in [0, 0.05) is 17.6 Å². The van der Waals surface area contributed by atoms with Crippen LogP contribution in [0.4, 0.5) is 5.69 Å². The first-order valence-corrected chi connectivity index (χ1v) is 9.19. The fourth-order valence-electron chi connectivity index (χ4n) is 3.36. The van der Waals surface area contributed by atoms with Crippen molar-refractivity contribution in [2.24, 2.45) is 11.8 Å². The van der Waals surface area contributed by atoms with Gasteiger partial charge in [-0.1, -0.05) is 36.4 Å². The molecule has 0 bridgehead atoms. The number of ether oxygens (including phenoxy) is 1. The van der Waals surface area contributed by atoms with Crippen molar-refractivity contribution in [3.63, 3.8) is 0 Å². The van der Waals surface area contributed by atoms with Crippen molar-refractivity contribution in [2.45, 2.75) is 13.3 Å². The van der Waals surface area contributed by atoms with Gasteiger partial charge >= 0.3 is 5.97 Å². The molecular weight excluding hydrogens is 342 g/mol. The summed E-state index contributed by atoms with van der Waals surface area (Å²) >= 11 is 0. The van der Waals surface area contributed by atoms with E-state index in [9.17, 15) is 9.59 Å². The summed E-state index contributed by atoms with van der Waals surface area (Å²) < 4.78 is 10.9. The summed E-state index contributed by atoms with van der Waals surface area (Å²) in [5.41, 5.74) is 1.47. The van der Waals surface area contributed by atoms with Crippen LogP contribution in [0.3, 0.4) is 0 Å². The van der Waals surface area contributed by atoms with Gasteiger partial charge in [-0.15, -0.1) is 0 Å². The Bertz CT molecular complexity index is 930. The maximum Gasteiger partial charge on any atom is 0.309 e. The van der Waals surface area contributed by atoms with E-state index < -0.39 is 0 Å². The molecule has 1 fully saturated rings. The zero-order valence-electron chi connectivity index (χ0n) is 15.1. The van der Waals surface area contributed by atoms with Crippen LogP contribution >= 0.6 is 0 Å². The SMILES string of the molecule is CCOC(=O)C1CC1CN(C(=O)c1cc2ccccc2o1)c1ccccc1. The minimum Gasteiger partial charge on any atom is -0.466 e. The summed E-state index contributed by atoms with van der Waals surface area (Å²) in [6.45, 7) is 2.64. The monoisotopic (exact) mass is 363 g/mol. The van der Waals surface area contributed by atoms with E-state index in [1.165, 1.54) is 0 Å². The lowest BCUT2D eigenvalue weighted by molar-refractivity contribution is -0.145. The Labute approximate surface area is 157 Å². The van der Waals surface area contributed by atoms with Crippen LogP contribution in [-0.4, -0.2) is 25.0 Å². The van der Waals surface area contributed by atoms with Crippen molar-refractivity contribution < 1.29 is 18.7 Å². The van der Waals surface area contributed by atoms with Crippen LogP contribution in [-0.2, 0) is 9.53 Å². The summed E-state index contributed by atoms with van der Waals surface area (Å²) in [5, 5.41) is 0.893. The maximum absolute atomic E-state index is 13.2. The molecule has 2 atom stereocenters. The third-order valence-electron chi connectivity index (χ3n) is 4.88. The number of amides is 1. The quantitative estimate of drug-likeness (QED) is 0.614. The number of anilines is 1. The molecule has 0 radical (unpaired) electrons. The third kappa shape index (κ3) is 3.58. The second-order valence-electron chi connectivity index (χ2n) is 6.75. The largest absolute Gasteiger partial charge is 0.466 e. The molecule has 5 heteroatoms. The minimum absolute atomic E-state index is 0.109. The molecule has 1 amide bonds. The van der Waals surface area contributed by atoms with E-state index in [1.54, 1.807) is 17.9 Å². The first kappa shape index (κ1) is 17.3. The van der Waals surface area contributed by atoms with Gasteiger partial charge in [0.15, 0.2) is 5.76 Å². The first-order valence-electron chi connectivity index (χ1n) is 9.19. The molecule has 5 nitrogen and oxygen atoms in total. The average Bonchev–Trinajstić information content (AvgIpc) is 3.34. The van der Waals surface area contributed by atoms with E-state index in [4.69, 9.17) is 9.15 Å². The van der Waals surface area contributed by atoms with Crippen LogP contribution in [0.2, 0.25) is 0 Å². The second kappa shape index (κ2) is 7.27. The molecule has 1 saturated carbocycles. The lowest BCUT2D eigenvalue weighted by Crippen LogP contribution is -2.33. The Morgan fingerprint density at radius 1 is 1.11 bits per heavy atom. The number of nitrogens with zero attached hydrogens (tertiary/aromatic N) is 1. The highest BCUT2D eigenvalue weighted by molar-refractivity contribution is 6.06. The molecule has 1 aliphatic carbocycles. The highest BCUT2D eigenvalue weighted by Crippen LogP contribution is 2.41. The smallest absolute Gasteiger partial charge is 0.309 e. The van der Waals surface area contributed by atoms with Gasteiger partial charge in [0.25, 0.3) is 5.91 Å². The Hall–Kier alpha value is -3.08. The van der Waals surface area contributed by atoms with Gasteiger partial charge in [0.05, 0.1) is 12.5 Å². The van der Waals surface area contributed by atoms with Gasteiger partial charge in [0.1, 0.15) is 5.58 Å². The Morgan fingerprint density at radius 2 is 1.85 bits per heavy atom. The van der Waals surface area contributed by atoms with Gasteiger partial charge in [-0.2, -0.15) is 0 Å². The number of carbonyl (C=O) groups is 2. The Morgan fingerprint density at radius 3 is 2.59 bits per heavy atom. The van der Waals surface area contributed by atoms with Crippen molar-refractivity contribution in [1.82, 2.24) is 0 Å². The molecule has 2 unspecified atom stereocenters. The number of para-hydroxylation sites is 2. The van der Waals surface area contributed by atoms with E-state index >= 15 is 0 Å². The lowest BCUT2D eigenvalue weighted by atomic mass is 10.2. The van der Waals surface area contributed by atoms with Crippen molar-refractivity contribution in [1.29, 1.82) is 0 Å². The highest BCUT2D eigenvalue weighted by Gasteiger charge is 2.46. The number of fused-ring (bicyclic) bond motifs is 1. The number of rotatable bonds is 6. The number of benzene rings is 2. The number of esters is 1. The van der Waals surface area contributed by atoms with Crippen molar-refractivity contribution in [3.05, 3.63) is 66.4 Å². The topological polar surface area (TPSA) is 59.8 Å². The molecule has 0 saturated heterocycles. The fourth-order valence-corrected chi connectivity index (χ4v) is 3.36. The van der Waals surface area contributed by atoms with E-state index in [0.29, 0.717) is 24.5 Å². The molecule has 138 valence electrons. The summed E-state index contributed by atoms with van der Waals surface area (Å²) in [5.74, 6) is -0.0933. The van der Waals surface area contributed by atoms with Crippen molar-refractivity contribution >= 4 is 28.5 Å². The number of hydrogen-bond donors (Lipinski definition) is 0. The number of carbonyl (C=O) groups excluding carboxylic acids is 2. The predicted octanol–water partition coefficient (Wildman–Crippen LogP) is 4.28. The maximum atomic E-state index is 13.2. The van der Waals surface area contributed by atoms with Crippen LogP contribution in [0.1, 0.15) is 23.9 Å². The summed E-state index contributed by atoms with van der Waals surface area (Å²) in [6, 6.07) is 18.8. The molecule has 2 aromatic carbocycles. The van der Waals surface area contributed by atoms with Crippen molar-refractivity contribution in [3.8, 4) is 0 Å². The second-order valence-corrected chi connectivity index (χ2v) is 6.75. The average molecular weight is 363 g/mol. The van der Waals surface area contributed by atoms with Crippen LogP contribution in [0, 0.1) is 11.8 Å². The standard InChI is InChI=1S/C22H21NO4/c1-2-26-22(25)18-12-16(18)14-23(17-9-4-3-5-10-17)21(24)20-13-15-8-6-7-11-19(15)27-20/h3-11,13,16,18H,2,12,14H2,1H3. The minimum atomic E-state index is -0.202. The molecular formula is C22H21NO4. The molecule has 4 rings (SSSR count). The Kier molecular flexibility index (Phi) is 4.67. The zero-order chi connectivity index (χ0) is 18.8. The van der Waals surface area contributed by atoms with Gasteiger partial charge in [-0.25, -0.2) is 0 Å². The zero-order valence-corrected chi connectivity index (χ0v) is 15.1. The number of furan rings is 1. The van der Waals surface area contributed by atoms with Crippen LogP contribution in [0.25, 0.3) is 11.0 Å². The van der Waals surface area contributed by atoms with Gasteiger partial charge in [-0.3, -0.25) is 9.59 Å². The lowest BCUT2D eigenvalue weighted by Gasteiger charge is -2.22. The molecule has 0 aliphatic heterocycles. The molecule has 0 N–H and O–H groups in total. The van der Waals surface area contributed by atoms with Crippen molar-refractivity contribution in [2.75, 3.05) is 18.1 Å². The predicted molar refractivity (Wildman–Crippen MR) is 103 cm³/mol. The summed E-state index contributed by atoms with van der Waals surface area (Å²) in [6.07, 6.45) is 0.746. The third-order valence-corrected chi connectivity index (χ3v) is 4.88. The highest BCUT2D eigenvalue weighted by atomic mass is 16.5. The molecule has 1 heterocycles. The van der Waals surface area contributed by atoms with E-state index in [1.807, 2.05) is 54.6 Å². The summed E-state index contributed by atoms with van der Waals surface area (Å²) in [4.78, 5) is 26.8. The fraction of sp³-hybridized carbons (Fsp3) is 0.273. The Balaban J connectivity index is 1.58.